The van der Waals surface area contributed by atoms with Crippen molar-refractivity contribution in [3.8, 4) is 5.75 Å². The number of aryl methyl sites for hydroxylation is 2. The van der Waals surface area contributed by atoms with Crippen LogP contribution in [0.2, 0.25) is 0 Å². The summed E-state index contributed by atoms with van der Waals surface area (Å²) in [5.74, 6) is 0.947. The second-order valence-corrected chi connectivity index (χ2v) is 7.22. The summed E-state index contributed by atoms with van der Waals surface area (Å²) in [6.07, 6.45) is 1.97. The number of fused-ring (bicyclic) bond motifs is 1. The fourth-order valence-corrected chi connectivity index (χ4v) is 3.65. The third-order valence-corrected chi connectivity index (χ3v) is 5.13. The lowest BCUT2D eigenvalue weighted by atomic mass is 10.2. The predicted molar refractivity (Wildman–Crippen MR) is 106 cm³/mol. The molecule has 0 aliphatic carbocycles. The van der Waals surface area contributed by atoms with Crippen LogP contribution in [0.5, 0.6) is 5.75 Å². The number of ether oxygens (including phenoxy) is 1. The second kappa shape index (κ2) is 8.06. The molecule has 0 radical (unpaired) electrons. The molecule has 6 heteroatoms. The van der Waals surface area contributed by atoms with Crippen LogP contribution < -0.4 is 4.74 Å². The van der Waals surface area contributed by atoms with Gasteiger partial charge in [-0.25, -0.2) is 9.50 Å². The average molecular weight is 365 g/mol. The van der Waals surface area contributed by atoms with Crippen LogP contribution in [-0.4, -0.2) is 63.7 Å². The average Bonchev–Trinajstić information content (AvgIpc) is 3.07. The summed E-state index contributed by atoms with van der Waals surface area (Å²) < 4.78 is 7.76. The van der Waals surface area contributed by atoms with Crippen molar-refractivity contribution in [1.82, 2.24) is 24.4 Å². The number of para-hydroxylation sites is 1. The van der Waals surface area contributed by atoms with Crippen LogP contribution in [0.15, 0.2) is 42.6 Å². The van der Waals surface area contributed by atoms with Crippen molar-refractivity contribution in [3.63, 3.8) is 0 Å². The topological polar surface area (TPSA) is 45.9 Å². The molecule has 0 bridgehead atoms. The van der Waals surface area contributed by atoms with Gasteiger partial charge in [-0.3, -0.25) is 9.80 Å². The monoisotopic (exact) mass is 365 g/mol. The Morgan fingerprint density at radius 1 is 1.00 bits per heavy atom. The van der Waals surface area contributed by atoms with Gasteiger partial charge in [0.2, 0.25) is 0 Å². The van der Waals surface area contributed by atoms with E-state index in [1.165, 1.54) is 5.56 Å². The maximum atomic E-state index is 5.82. The molecule has 0 N–H and O–H groups in total. The molecule has 142 valence electrons. The number of benzene rings is 1. The fraction of sp³-hybridized carbons (Fsp3) is 0.429. The summed E-state index contributed by atoms with van der Waals surface area (Å²) in [6.45, 7) is 11.0. The van der Waals surface area contributed by atoms with Crippen molar-refractivity contribution in [3.05, 3.63) is 59.5 Å². The number of aromatic nitrogens is 3. The highest BCUT2D eigenvalue weighted by atomic mass is 16.5. The van der Waals surface area contributed by atoms with Crippen LogP contribution in [0.4, 0.5) is 0 Å². The van der Waals surface area contributed by atoms with E-state index < -0.39 is 0 Å². The molecule has 27 heavy (non-hydrogen) atoms. The van der Waals surface area contributed by atoms with E-state index in [4.69, 9.17) is 9.72 Å². The van der Waals surface area contributed by atoms with E-state index in [1.807, 2.05) is 48.0 Å². The Morgan fingerprint density at radius 2 is 1.74 bits per heavy atom. The van der Waals surface area contributed by atoms with Gasteiger partial charge in [0.05, 0.1) is 6.20 Å². The molecule has 0 unspecified atom stereocenters. The fourth-order valence-electron chi connectivity index (χ4n) is 3.65. The Morgan fingerprint density at radius 3 is 2.52 bits per heavy atom. The Kier molecular flexibility index (Phi) is 5.36. The number of hydrogen-bond donors (Lipinski definition) is 0. The Hall–Kier alpha value is -2.44. The molecule has 0 amide bonds. The molecule has 1 saturated heterocycles. The molecule has 3 aromatic rings. The third-order valence-electron chi connectivity index (χ3n) is 5.13. The Balaban J connectivity index is 1.27. The standard InChI is InChI=1S/C21H27N5O/c1-17-14-18(2)26-21(23-17)19(15-22-26)16-25-10-8-24(9-11-25)12-13-27-20-6-4-3-5-7-20/h3-7,14-15H,8-13,16H2,1-2H3. The van der Waals surface area contributed by atoms with E-state index in [2.05, 4.69) is 27.9 Å². The first kappa shape index (κ1) is 17.9. The predicted octanol–water partition coefficient (Wildman–Crippen LogP) is 2.54. The van der Waals surface area contributed by atoms with E-state index in [1.54, 1.807) is 0 Å². The summed E-state index contributed by atoms with van der Waals surface area (Å²) in [5, 5.41) is 4.51. The molecule has 1 aliphatic heterocycles. The molecule has 2 aromatic heterocycles. The van der Waals surface area contributed by atoms with Gasteiger partial charge in [-0.05, 0) is 32.0 Å². The first-order valence-corrected chi connectivity index (χ1v) is 9.62. The summed E-state index contributed by atoms with van der Waals surface area (Å²) in [5.41, 5.74) is 4.38. The molecule has 6 nitrogen and oxygen atoms in total. The van der Waals surface area contributed by atoms with E-state index in [0.29, 0.717) is 0 Å². The minimum absolute atomic E-state index is 0.737. The minimum Gasteiger partial charge on any atom is -0.492 e. The Bertz CT molecular complexity index is 884. The first-order chi connectivity index (χ1) is 13.2. The van der Waals surface area contributed by atoms with Crippen LogP contribution >= 0.6 is 0 Å². The van der Waals surface area contributed by atoms with Crippen molar-refractivity contribution >= 4 is 5.65 Å². The number of rotatable bonds is 6. The van der Waals surface area contributed by atoms with Gasteiger partial charge in [0.1, 0.15) is 12.4 Å². The van der Waals surface area contributed by atoms with E-state index in [9.17, 15) is 0 Å². The summed E-state index contributed by atoms with van der Waals surface area (Å²) >= 11 is 0. The van der Waals surface area contributed by atoms with Gasteiger partial charge < -0.3 is 4.74 Å². The van der Waals surface area contributed by atoms with Crippen molar-refractivity contribution in [2.75, 3.05) is 39.3 Å². The van der Waals surface area contributed by atoms with Gasteiger partial charge in [0.15, 0.2) is 5.65 Å². The molecule has 4 rings (SSSR count). The smallest absolute Gasteiger partial charge is 0.159 e. The van der Waals surface area contributed by atoms with Crippen LogP contribution in [0.1, 0.15) is 17.0 Å². The van der Waals surface area contributed by atoms with E-state index in [-0.39, 0.29) is 0 Å². The van der Waals surface area contributed by atoms with Gasteiger partial charge in [0.25, 0.3) is 0 Å². The molecular weight excluding hydrogens is 338 g/mol. The van der Waals surface area contributed by atoms with E-state index >= 15 is 0 Å². The normalized spacial score (nSPS) is 16.1. The third kappa shape index (κ3) is 4.28. The van der Waals surface area contributed by atoms with Crippen LogP contribution in [0, 0.1) is 13.8 Å². The molecular formula is C21H27N5O. The number of piperazine rings is 1. The summed E-state index contributed by atoms with van der Waals surface area (Å²) in [7, 11) is 0. The van der Waals surface area contributed by atoms with Crippen molar-refractivity contribution in [2.45, 2.75) is 20.4 Å². The molecule has 0 spiro atoms. The van der Waals surface area contributed by atoms with Crippen molar-refractivity contribution < 1.29 is 4.74 Å². The van der Waals surface area contributed by atoms with Gasteiger partial charge in [0, 0.05) is 56.2 Å². The SMILES string of the molecule is Cc1cc(C)n2ncc(CN3CCN(CCOc4ccccc4)CC3)c2n1. The van der Waals surface area contributed by atoms with E-state index in [0.717, 1.165) is 68.7 Å². The van der Waals surface area contributed by atoms with Crippen LogP contribution in [0.25, 0.3) is 5.65 Å². The molecule has 1 fully saturated rings. The largest absolute Gasteiger partial charge is 0.492 e. The lowest BCUT2D eigenvalue weighted by Crippen LogP contribution is -2.47. The van der Waals surface area contributed by atoms with Crippen molar-refractivity contribution in [1.29, 1.82) is 0 Å². The zero-order valence-corrected chi connectivity index (χ0v) is 16.1. The van der Waals surface area contributed by atoms with Gasteiger partial charge >= 0.3 is 0 Å². The molecule has 0 saturated carbocycles. The molecule has 3 heterocycles. The van der Waals surface area contributed by atoms with Gasteiger partial charge in [-0.15, -0.1) is 0 Å². The molecule has 1 aromatic carbocycles. The zero-order chi connectivity index (χ0) is 18.6. The summed E-state index contributed by atoms with van der Waals surface area (Å²) in [4.78, 5) is 9.66. The second-order valence-electron chi connectivity index (χ2n) is 7.22. The van der Waals surface area contributed by atoms with Crippen LogP contribution in [-0.2, 0) is 6.54 Å². The lowest BCUT2D eigenvalue weighted by Gasteiger charge is -2.34. The lowest BCUT2D eigenvalue weighted by molar-refractivity contribution is 0.113. The Labute approximate surface area is 160 Å². The maximum absolute atomic E-state index is 5.82. The minimum atomic E-state index is 0.737. The summed E-state index contributed by atoms with van der Waals surface area (Å²) in [6, 6.07) is 12.1. The quantitative estimate of drug-likeness (QED) is 0.672. The zero-order valence-electron chi connectivity index (χ0n) is 16.1. The van der Waals surface area contributed by atoms with Crippen molar-refractivity contribution in [2.24, 2.45) is 0 Å². The molecule has 0 atom stereocenters. The van der Waals surface area contributed by atoms with Gasteiger partial charge in [-0.1, -0.05) is 18.2 Å². The van der Waals surface area contributed by atoms with Gasteiger partial charge in [-0.2, -0.15) is 5.10 Å². The highest BCUT2D eigenvalue weighted by molar-refractivity contribution is 5.47. The number of nitrogens with zero attached hydrogens (tertiary/aromatic N) is 5. The highest BCUT2D eigenvalue weighted by Crippen LogP contribution is 2.15. The highest BCUT2D eigenvalue weighted by Gasteiger charge is 2.19. The first-order valence-electron chi connectivity index (χ1n) is 9.62. The molecule has 1 aliphatic rings. The number of hydrogen-bond acceptors (Lipinski definition) is 5. The maximum Gasteiger partial charge on any atom is 0.159 e. The van der Waals surface area contributed by atoms with Crippen LogP contribution in [0.3, 0.4) is 0 Å².